The molecule has 1 aliphatic rings. The number of hydrogen-bond acceptors (Lipinski definition) is 2. The molecule has 15 heavy (non-hydrogen) atoms. The van der Waals surface area contributed by atoms with Crippen molar-refractivity contribution in [2.45, 2.75) is 12.5 Å². The van der Waals surface area contributed by atoms with Crippen molar-refractivity contribution in [2.75, 3.05) is 6.61 Å². The number of ether oxygens (including phenoxy) is 1. The van der Waals surface area contributed by atoms with Gasteiger partial charge in [0.25, 0.3) is 5.92 Å². The number of benzene rings is 1. The molecule has 1 aromatic carbocycles. The second-order valence-electron chi connectivity index (χ2n) is 3.37. The molecule has 0 aromatic heterocycles. The highest BCUT2D eigenvalue weighted by Gasteiger charge is 2.37. The van der Waals surface area contributed by atoms with E-state index in [1.54, 1.807) is 0 Å². The predicted molar refractivity (Wildman–Crippen MR) is 47.0 cm³/mol. The predicted octanol–water partition coefficient (Wildman–Crippen LogP) is 2.01. The smallest absolute Gasteiger partial charge is 0.335 e. The van der Waals surface area contributed by atoms with Crippen molar-refractivity contribution in [1.29, 1.82) is 0 Å². The standard InChI is InChI=1S/C10H8F2O3/c11-10(12)5-15-4-7-3-6(9(13)14)1-2-8(7)10/h1-3H,4-5H2,(H,13,14). The summed E-state index contributed by atoms with van der Waals surface area (Å²) in [5, 5.41) is 8.69. The number of rotatable bonds is 1. The van der Waals surface area contributed by atoms with Gasteiger partial charge in [0, 0.05) is 5.56 Å². The third-order valence-corrected chi connectivity index (χ3v) is 2.29. The van der Waals surface area contributed by atoms with Crippen molar-refractivity contribution in [1.82, 2.24) is 0 Å². The maximum atomic E-state index is 13.3. The lowest BCUT2D eigenvalue weighted by atomic mass is 9.98. The molecule has 0 aliphatic carbocycles. The Morgan fingerprint density at radius 2 is 2.20 bits per heavy atom. The Labute approximate surface area is 84.3 Å². The number of hydrogen-bond donors (Lipinski definition) is 1. The summed E-state index contributed by atoms with van der Waals surface area (Å²) in [6.07, 6.45) is 0. The van der Waals surface area contributed by atoms with Crippen molar-refractivity contribution >= 4 is 5.97 Å². The third kappa shape index (κ3) is 1.70. The lowest BCUT2D eigenvalue weighted by molar-refractivity contribution is -0.103. The van der Waals surface area contributed by atoms with Crippen LogP contribution in [0.3, 0.4) is 0 Å². The van der Waals surface area contributed by atoms with Crippen molar-refractivity contribution in [3.63, 3.8) is 0 Å². The molecule has 1 heterocycles. The lowest BCUT2D eigenvalue weighted by Crippen LogP contribution is -2.27. The third-order valence-electron chi connectivity index (χ3n) is 2.29. The SMILES string of the molecule is O=C(O)c1ccc2c(c1)COCC2(F)F. The zero-order chi connectivity index (χ0) is 11.1. The molecule has 1 aromatic rings. The van der Waals surface area contributed by atoms with Crippen molar-refractivity contribution < 1.29 is 23.4 Å². The summed E-state index contributed by atoms with van der Waals surface area (Å²) < 4.78 is 31.2. The summed E-state index contributed by atoms with van der Waals surface area (Å²) in [6.45, 7) is -0.613. The zero-order valence-corrected chi connectivity index (χ0v) is 7.67. The molecule has 5 heteroatoms. The minimum Gasteiger partial charge on any atom is -0.478 e. The van der Waals surface area contributed by atoms with Gasteiger partial charge in [-0.3, -0.25) is 0 Å². The fourth-order valence-electron chi connectivity index (χ4n) is 1.57. The Bertz CT molecular complexity index is 415. The van der Waals surface area contributed by atoms with E-state index in [0.717, 1.165) is 6.07 Å². The van der Waals surface area contributed by atoms with Gasteiger partial charge in [-0.05, 0) is 17.7 Å². The Hall–Kier alpha value is -1.49. The van der Waals surface area contributed by atoms with E-state index in [1.807, 2.05) is 0 Å². The van der Waals surface area contributed by atoms with Gasteiger partial charge in [0.2, 0.25) is 0 Å². The molecule has 1 N–H and O–H groups in total. The molecule has 0 atom stereocenters. The first-order chi connectivity index (χ1) is 7.00. The quantitative estimate of drug-likeness (QED) is 0.777. The summed E-state index contributed by atoms with van der Waals surface area (Å²) in [6, 6.07) is 3.56. The summed E-state index contributed by atoms with van der Waals surface area (Å²) in [4.78, 5) is 10.6. The van der Waals surface area contributed by atoms with Gasteiger partial charge >= 0.3 is 5.97 Å². The van der Waals surface area contributed by atoms with Crippen LogP contribution in [0.25, 0.3) is 0 Å². The normalized spacial score (nSPS) is 18.3. The number of fused-ring (bicyclic) bond motifs is 1. The van der Waals surface area contributed by atoms with Gasteiger partial charge in [-0.1, -0.05) is 6.07 Å². The molecule has 3 nitrogen and oxygen atoms in total. The molecule has 80 valence electrons. The highest BCUT2D eigenvalue weighted by atomic mass is 19.3. The Balaban J connectivity index is 2.50. The monoisotopic (exact) mass is 214 g/mol. The Morgan fingerprint density at radius 3 is 2.87 bits per heavy atom. The van der Waals surface area contributed by atoms with Crippen LogP contribution in [0.1, 0.15) is 21.5 Å². The molecule has 0 unspecified atom stereocenters. The average Bonchev–Trinajstić information content (AvgIpc) is 2.16. The average molecular weight is 214 g/mol. The van der Waals surface area contributed by atoms with E-state index >= 15 is 0 Å². The van der Waals surface area contributed by atoms with Crippen LogP contribution in [0.5, 0.6) is 0 Å². The summed E-state index contributed by atoms with van der Waals surface area (Å²) in [7, 11) is 0. The topological polar surface area (TPSA) is 46.5 Å². The van der Waals surface area contributed by atoms with Gasteiger partial charge in [0.05, 0.1) is 12.2 Å². The van der Waals surface area contributed by atoms with Crippen molar-refractivity contribution in [2.24, 2.45) is 0 Å². The van der Waals surface area contributed by atoms with E-state index < -0.39 is 18.5 Å². The highest BCUT2D eigenvalue weighted by Crippen LogP contribution is 2.35. The number of alkyl halides is 2. The van der Waals surface area contributed by atoms with Crippen LogP contribution in [0.4, 0.5) is 8.78 Å². The maximum Gasteiger partial charge on any atom is 0.335 e. The van der Waals surface area contributed by atoms with E-state index in [4.69, 9.17) is 9.84 Å². The molecule has 0 fully saturated rings. The number of halogens is 2. The van der Waals surface area contributed by atoms with Gasteiger partial charge in [-0.15, -0.1) is 0 Å². The Kier molecular flexibility index (Phi) is 2.19. The van der Waals surface area contributed by atoms with Gasteiger partial charge in [0.1, 0.15) is 6.61 Å². The van der Waals surface area contributed by atoms with Crippen molar-refractivity contribution in [3.05, 3.63) is 34.9 Å². The first-order valence-corrected chi connectivity index (χ1v) is 4.33. The number of carbonyl (C=O) groups is 1. The molecule has 2 rings (SSSR count). The minimum absolute atomic E-state index is 0.00458. The van der Waals surface area contributed by atoms with E-state index in [0.29, 0.717) is 0 Å². The number of carboxylic acids is 1. The highest BCUT2D eigenvalue weighted by molar-refractivity contribution is 5.87. The molecule has 0 amide bonds. The number of carboxylic acid groups (broad SMARTS) is 1. The van der Waals surface area contributed by atoms with E-state index in [1.165, 1.54) is 12.1 Å². The Morgan fingerprint density at radius 1 is 1.47 bits per heavy atom. The largest absolute Gasteiger partial charge is 0.478 e. The summed E-state index contributed by atoms with van der Waals surface area (Å²) in [5.74, 6) is -4.16. The first kappa shape index (κ1) is 10.0. The summed E-state index contributed by atoms with van der Waals surface area (Å²) in [5.41, 5.74) is 0.0972. The van der Waals surface area contributed by atoms with Crippen LogP contribution in [-0.2, 0) is 17.3 Å². The van der Waals surface area contributed by atoms with Crippen molar-refractivity contribution in [3.8, 4) is 0 Å². The second-order valence-corrected chi connectivity index (χ2v) is 3.37. The van der Waals surface area contributed by atoms with Crippen LogP contribution in [0, 0.1) is 0 Å². The molecular formula is C10H8F2O3. The van der Waals surface area contributed by atoms with E-state index in [-0.39, 0.29) is 23.3 Å². The van der Waals surface area contributed by atoms with Crippen LogP contribution in [-0.4, -0.2) is 17.7 Å². The fourth-order valence-corrected chi connectivity index (χ4v) is 1.57. The molecule has 1 aliphatic heterocycles. The molecule has 0 bridgehead atoms. The molecular weight excluding hydrogens is 206 g/mol. The molecule has 0 saturated heterocycles. The maximum absolute atomic E-state index is 13.3. The molecule has 0 spiro atoms. The van der Waals surface area contributed by atoms with Gasteiger partial charge < -0.3 is 9.84 Å². The lowest BCUT2D eigenvalue weighted by Gasteiger charge is -2.25. The van der Waals surface area contributed by atoms with Gasteiger partial charge in [-0.2, -0.15) is 8.78 Å². The molecule has 0 radical (unpaired) electrons. The van der Waals surface area contributed by atoms with Crippen LogP contribution in [0.15, 0.2) is 18.2 Å². The fraction of sp³-hybridized carbons (Fsp3) is 0.300. The van der Waals surface area contributed by atoms with Crippen LogP contribution >= 0.6 is 0 Å². The van der Waals surface area contributed by atoms with Gasteiger partial charge in [-0.25, -0.2) is 4.79 Å². The summed E-state index contributed by atoms with van der Waals surface area (Å²) >= 11 is 0. The molecule has 0 saturated carbocycles. The minimum atomic E-state index is -3.02. The van der Waals surface area contributed by atoms with E-state index in [9.17, 15) is 13.6 Å². The van der Waals surface area contributed by atoms with Crippen LogP contribution in [0.2, 0.25) is 0 Å². The zero-order valence-electron chi connectivity index (χ0n) is 7.67. The number of aromatic carboxylic acids is 1. The second kappa shape index (κ2) is 3.27. The van der Waals surface area contributed by atoms with Crippen LogP contribution < -0.4 is 0 Å². The first-order valence-electron chi connectivity index (χ1n) is 4.33. The van der Waals surface area contributed by atoms with E-state index in [2.05, 4.69) is 0 Å². The van der Waals surface area contributed by atoms with Gasteiger partial charge in [0.15, 0.2) is 0 Å².